The van der Waals surface area contributed by atoms with E-state index < -0.39 is 0 Å². The fourth-order valence-electron chi connectivity index (χ4n) is 1.54. The zero-order valence-corrected chi connectivity index (χ0v) is 13.8. The molecule has 3 nitrogen and oxygen atoms in total. The number of nitrogens with zero attached hydrogens (tertiary/aromatic N) is 2. The smallest absolute Gasteiger partial charge is 0.190 e. The molecule has 20 heavy (non-hydrogen) atoms. The van der Waals surface area contributed by atoms with Crippen molar-refractivity contribution in [3.05, 3.63) is 35.4 Å². The van der Waals surface area contributed by atoms with Crippen LogP contribution in [0.5, 0.6) is 0 Å². The van der Waals surface area contributed by atoms with Gasteiger partial charge in [0.15, 0.2) is 5.16 Å². The Morgan fingerprint density at radius 3 is 2.80 bits per heavy atom. The Morgan fingerprint density at radius 2 is 2.10 bits per heavy atom. The van der Waals surface area contributed by atoms with Crippen molar-refractivity contribution in [2.45, 2.75) is 28.4 Å². The fourth-order valence-corrected chi connectivity index (χ4v) is 3.11. The number of halogens is 1. The van der Waals surface area contributed by atoms with Gasteiger partial charge in [-0.3, -0.25) is 0 Å². The number of nitrogens with one attached hydrogen (secondary N) is 1. The topological polar surface area (TPSA) is 37.8 Å². The minimum absolute atomic E-state index is 0.735. The Morgan fingerprint density at radius 1 is 1.25 bits per heavy atom. The van der Waals surface area contributed by atoms with Gasteiger partial charge in [-0.25, -0.2) is 9.97 Å². The molecule has 0 bridgehead atoms. The third kappa shape index (κ3) is 4.58. The SMILES string of the molecule is CCCNc1cc(Sc2cccc(Cl)c2)nc(SC)n1. The van der Waals surface area contributed by atoms with E-state index in [1.165, 1.54) is 0 Å². The molecule has 2 aromatic rings. The molecule has 0 aliphatic heterocycles. The molecule has 1 N–H and O–H groups in total. The fraction of sp³-hybridized carbons (Fsp3) is 0.286. The zero-order valence-electron chi connectivity index (χ0n) is 11.4. The third-order valence-corrected chi connectivity index (χ3v) is 4.13. The second-order valence-electron chi connectivity index (χ2n) is 4.06. The number of aromatic nitrogens is 2. The van der Waals surface area contributed by atoms with Crippen molar-refractivity contribution in [2.75, 3.05) is 18.1 Å². The summed E-state index contributed by atoms with van der Waals surface area (Å²) in [6.45, 7) is 3.04. The summed E-state index contributed by atoms with van der Waals surface area (Å²) < 4.78 is 0. The molecule has 0 atom stereocenters. The predicted octanol–water partition coefficient (Wildman–Crippen LogP) is 4.83. The van der Waals surface area contributed by atoms with Gasteiger partial charge in [0, 0.05) is 22.5 Å². The van der Waals surface area contributed by atoms with Crippen LogP contribution in [0, 0.1) is 0 Å². The highest BCUT2D eigenvalue weighted by molar-refractivity contribution is 7.99. The van der Waals surface area contributed by atoms with Gasteiger partial charge in [-0.1, -0.05) is 48.1 Å². The third-order valence-electron chi connectivity index (χ3n) is 2.44. The van der Waals surface area contributed by atoms with Gasteiger partial charge in [0.2, 0.25) is 0 Å². The van der Waals surface area contributed by atoms with Gasteiger partial charge in [0.05, 0.1) is 0 Å². The molecule has 6 heteroatoms. The van der Waals surface area contributed by atoms with Gasteiger partial charge in [0.25, 0.3) is 0 Å². The molecule has 0 spiro atoms. The summed E-state index contributed by atoms with van der Waals surface area (Å²) in [7, 11) is 0. The largest absolute Gasteiger partial charge is 0.370 e. The summed E-state index contributed by atoms with van der Waals surface area (Å²) in [4.78, 5) is 10.0. The highest BCUT2D eigenvalue weighted by Gasteiger charge is 2.06. The van der Waals surface area contributed by atoms with Gasteiger partial charge in [-0.2, -0.15) is 0 Å². The lowest BCUT2D eigenvalue weighted by molar-refractivity contribution is 0.878. The Kier molecular flexibility index (Phi) is 6.01. The Bertz CT molecular complexity index is 578. The van der Waals surface area contributed by atoms with Gasteiger partial charge in [0.1, 0.15) is 10.8 Å². The van der Waals surface area contributed by atoms with E-state index in [-0.39, 0.29) is 0 Å². The number of thioether (sulfide) groups is 1. The lowest BCUT2D eigenvalue weighted by atomic mass is 10.4. The summed E-state index contributed by atoms with van der Waals surface area (Å²) in [6.07, 6.45) is 3.04. The van der Waals surface area contributed by atoms with Crippen molar-refractivity contribution in [1.29, 1.82) is 0 Å². The van der Waals surface area contributed by atoms with Crippen molar-refractivity contribution in [2.24, 2.45) is 0 Å². The maximum absolute atomic E-state index is 6.01. The average Bonchev–Trinajstić information content (AvgIpc) is 2.45. The molecule has 2 rings (SSSR count). The standard InChI is InChI=1S/C14H16ClN3S2/c1-3-7-16-12-9-13(18-14(17-12)19-2)20-11-6-4-5-10(15)8-11/h4-6,8-9H,3,7H2,1-2H3,(H,16,17,18). The predicted molar refractivity (Wildman–Crippen MR) is 88.2 cm³/mol. The Labute approximate surface area is 132 Å². The maximum atomic E-state index is 6.01. The first-order valence-corrected chi connectivity index (χ1v) is 8.73. The van der Waals surface area contributed by atoms with E-state index in [2.05, 4.69) is 22.2 Å². The molecule has 0 aliphatic rings. The number of anilines is 1. The highest BCUT2D eigenvalue weighted by Crippen LogP contribution is 2.30. The first kappa shape index (κ1) is 15.5. The number of benzene rings is 1. The van der Waals surface area contributed by atoms with Crippen LogP contribution in [0.4, 0.5) is 5.82 Å². The van der Waals surface area contributed by atoms with Crippen molar-refractivity contribution >= 4 is 40.9 Å². The van der Waals surface area contributed by atoms with E-state index in [1.807, 2.05) is 36.6 Å². The molecular weight excluding hydrogens is 310 g/mol. The van der Waals surface area contributed by atoms with Gasteiger partial charge in [-0.15, -0.1) is 0 Å². The average molecular weight is 326 g/mol. The second kappa shape index (κ2) is 7.76. The van der Waals surface area contributed by atoms with E-state index in [0.29, 0.717) is 0 Å². The molecule has 0 aliphatic carbocycles. The zero-order chi connectivity index (χ0) is 14.4. The summed E-state index contributed by atoms with van der Waals surface area (Å²) >= 11 is 9.14. The number of rotatable bonds is 6. The van der Waals surface area contributed by atoms with Crippen LogP contribution in [-0.4, -0.2) is 22.8 Å². The molecule has 0 saturated carbocycles. The molecule has 1 heterocycles. The van der Waals surface area contributed by atoms with E-state index in [1.54, 1.807) is 23.5 Å². The van der Waals surface area contributed by atoms with Crippen LogP contribution in [0.15, 0.2) is 45.4 Å². The molecule has 106 valence electrons. The second-order valence-corrected chi connectivity index (χ2v) is 6.37. The summed E-state index contributed by atoms with van der Waals surface area (Å²) in [5.41, 5.74) is 0. The van der Waals surface area contributed by atoms with Crippen LogP contribution in [0.3, 0.4) is 0 Å². The van der Waals surface area contributed by atoms with Crippen LogP contribution in [-0.2, 0) is 0 Å². The molecule has 0 radical (unpaired) electrons. The molecule has 0 fully saturated rings. The van der Waals surface area contributed by atoms with E-state index >= 15 is 0 Å². The quantitative estimate of drug-likeness (QED) is 0.468. The Balaban J connectivity index is 2.21. The monoisotopic (exact) mass is 325 g/mol. The summed E-state index contributed by atoms with van der Waals surface area (Å²) in [6, 6.07) is 9.74. The minimum atomic E-state index is 0.735. The number of hydrogen-bond donors (Lipinski definition) is 1. The molecule has 1 aromatic heterocycles. The maximum Gasteiger partial charge on any atom is 0.190 e. The first-order chi connectivity index (χ1) is 9.71. The highest BCUT2D eigenvalue weighted by atomic mass is 35.5. The number of hydrogen-bond acceptors (Lipinski definition) is 5. The van der Waals surface area contributed by atoms with Gasteiger partial charge >= 0.3 is 0 Å². The normalized spacial score (nSPS) is 10.6. The van der Waals surface area contributed by atoms with E-state index in [9.17, 15) is 0 Å². The molecule has 0 saturated heterocycles. The summed E-state index contributed by atoms with van der Waals surface area (Å²) in [5.74, 6) is 0.871. The van der Waals surface area contributed by atoms with Gasteiger partial charge < -0.3 is 5.32 Å². The lowest BCUT2D eigenvalue weighted by Gasteiger charge is -2.08. The van der Waals surface area contributed by atoms with Crippen LogP contribution in [0.2, 0.25) is 5.02 Å². The van der Waals surface area contributed by atoms with E-state index in [0.717, 1.165) is 38.9 Å². The van der Waals surface area contributed by atoms with Crippen LogP contribution < -0.4 is 5.32 Å². The Hall–Kier alpha value is -0.910. The van der Waals surface area contributed by atoms with Crippen molar-refractivity contribution in [3.63, 3.8) is 0 Å². The molecular formula is C14H16ClN3S2. The van der Waals surface area contributed by atoms with Crippen molar-refractivity contribution in [3.8, 4) is 0 Å². The minimum Gasteiger partial charge on any atom is -0.370 e. The first-order valence-electron chi connectivity index (χ1n) is 6.31. The van der Waals surface area contributed by atoms with Crippen LogP contribution in [0.1, 0.15) is 13.3 Å². The van der Waals surface area contributed by atoms with E-state index in [4.69, 9.17) is 11.6 Å². The molecule has 0 amide bonds. The van der Waals surface area contributed by atoms with Crippen molar-refractivity contribution in [1.82, 2.24) is 9.97 Å². The van der Waals surface area contributed by atoms with Gasteiger partial charge in [-0.05, 0) is 30.9 Å². The van der Waals surface area contributed by atoms with Crippen LogP contribution in [0.25, 0.3) is 0 Å². The van der Waals surface area contributed by atoms with Crippen molar-refractivity contribution < 1.29 is 0 Å². The molecule has 1 aromatic carbocycles. The van der Waals surface area contributed by atoms with Crippen LogP contribution >= 0.6 is 35.1 Å². The molecule has 0 unspecified atom stereocenters. The lowest BCUT2D eigenvalue weighted by Crippen LogP contribution is -2.03. The summed E-state index contributed by atoms with van der Waals surface area (Å²) in [5, 5.41) is 5.73.